The molecule has 12 heteroatoms. The van der Waals surface area contributed by atoms with Crippen LogP contribution < -0.4 is 0 Å². The van der Waals surface area contributed by atoms with Crippen LogP contribution in [-0.2, 0) is 23.0 Å². The van der Waals surface area contributed by atoms with Crippen LogP contribution in [0.15, 0.2) is 42.2 Å². The molecule has 4 aliphatic rings. The molecular formula is C32H35F2N5O4S. The third kappa shape index (κ3) is 4.16. The first-order chi connectivity index (χ1) is 21.0. The van der Waals surface area contributed by atoms with Gasteiger partial charge in [-0.3, -0.25) is 9.48 Å². The molecule has 0 bridgehead atoms. The van der Waals surface area contributed by atoms with E-state index in [9.17, 15) is 23.5 Å². The third-order valence-electron chi connectivity index (χ3n) is 11.2. The van der Waals surface area contributed by atoms with Crippen LogP contribution in [-0.4, -0.2) is 58.7 Å². The highest BCUT2D eigenvalue weighted by Gasteiger charge is 2.70. The van der Waals surface area contributed by atoms with Gasteiger partial charge in [0.2, 0.25) is 5.12 Å². The number of rotatable bonds is 5. The van der Waals surface area contributed by atoms with Gasteiger partial charge >= 0.3 is 5.97 Å². The molecule has 2 aromatic heterocycles. The van der Waals surface area contributed by atoms with Gasteiger partial charge in [-0.25, -0.2) is 18.3 Å². The van der Waals surface area contributed by atoms with E-state index in [1.807, 2.05) is 17.8 Å². The molecule has 0 saturated heterocycles. The SMILES string of the molecule is Cn1cc(C(=O)O[C@]2(C(=O)SCF)CCC3[C@@H]4CCC5=Cc6c(cnn6-c6ccc(F)cc6)C[C@]5(C)C4[C@@H](O)C[C@@]32C)nn1. The van der Waals surface area contributed by atoms with Gasteiger partial charge in [0.1, 0.15) is 11.8 Å². The number of carbonyl (C=O) groups excluding carboxylic acids is 2. The first-order valence-electron chi connectivity index (χ1n) is 15.1. The Bertz CT molecular complexity index is 1670. The molecule has 232 valence electrons. The lowest BCUT2D eigenvalue weighted by Crippen LogP contribution is -2.62. The van der Waals surface area contributed by atoms with Crippen molar-refractivity contribution in [2.24, 2.45) is 35.6 Å². The van der Waals surface area contributed by atoms with Crippen LogP contribution in [0, 0.1) is 34.4 Å². The van der Waals surface area contributed by atoms with Crippen molar-refractivity contribution in [3.63, 3.8) is 0 Å². The van der Waals surface area contributed by atoms with Crippen molar-refractivity contribution in [2.45, 2.75) is 64.1 Å². The van der Waals surface area contributed by atoms with Crippen molar-refractivity contribution in [1.82, 2.24) is 24.8 Å². The van der Waals surface area contributed by atoms with E-state index in [-0.39, 0.29) is 47.5 Å². The van der Waals surface area contributed by atoms with Gasteiger partial charge in [0, 0.05) is 12.5 Å². The minimum atomic E-state index is -1.60. The van der Waals surface area contributed by atoms with E-state index in [4.69, 9.17) is 4.74 Å². The Morgan fingerprint density at radius 2 is 1.98 bits per heavy atom. The Kier molecular flexibility index (Phi) is 6.89. The summed E-state index contributed by atoms with van der Waals surface area (Å²) in [5, 5.41) is 23.8. The smallest absolute Gasteiger partial charge is 0.361 e. The van der Waals surface area contributed by atoms with Crippen LogP contribution >= 0.6 is 11.8 Å². The second-order valence-corrected chi connectivity index (χ2v) is 14.2. The number of alkyl halides is 1. The van der Waals surface area contributed by atoms with Gasteiger partial charge in [-0.2, -0.15) is 5.10 Å². The van der Waals surface area contributed by atoms with Crippen molar-refractivity contribution in [3.05, 3.63) is 65.0 Å². The molecule has 2 unspecified atom stereocenters. The first-order valence-corrected chi connectivity index (χ1v) is 16.0. The maximum atomic E-state index is 13.7. The summed E-state index contributed by atoms with van der Waals surface area (Å²) in [6.07, 6.45) is 8.14. The fourth-order valence-corrected chi connectivity index (χ4v) is 10.0. The predicted molar refractivity (Wildman–Crippen MR) is 159 cm³/mol. The predicted octanol–water partition coefficient (Wildman–Crippen LogP) is 5.08. The summed E-state index contributed by atoms with van der Waals surface area (Å²) in [4.78, 5) is 27.0. The molecule has 1 N–H and O–H groups in total. The zero-order valence-corrected chi connectivity index (χ0v) is 25.7. The molecule has 4 aliphatic carbocycles. The Hall–Kier alpha value is -3.38. The molecule has 2 heterocycles. The molecule has 0 spiro atoms. The van der Waals surface area contributed by atoms with E-state index in [2.05, 4.69) is 28.4 Å². The van der Waals surface area contributed by atoms with Gasteiger partial charge < -0.3 is 9.84 Å². The number of nitrogens with zero attached hydrogens (tertiary/aromatic N) is 5. The Morgan fingerprint density at radius 1 is 1.20 bits per heavy atom. The fraction of sp³-hybridized carbons (Fsp3) is 0.531. The molecule has 7 atom stereocenters. The maximum absolute atomic E-state index is 13.7. The summed E-state index contributed by atoms with van der Waals surface area (Å²) in [7, 11) is 1.63. The third-order valence-corrected chi connectivity index (χ3v) is 11.9. The highest BCUT2D eigenvalue weighted by atomic mass is 32.2. The summed E-state index contributed by atoms with van der Waals surface area (Å²) < 4.78 is 36.5. The highest BCUT2D eigenvalue weighted by molar-refractivity contribution is 8.13. The number of aliphatic hydroxyl groups is 1. The summed E-state index contributed by atoms with van der Waals surface area (Å²) in [5.41, 5.74) is 1.22. The van der Waals surface area contributed by atoms with Gasteiger partial charge in [0.25, 0.3) is 0 Å². The van der Waals surface area contributed by atoms with Crippen LogP contribution in [0.4, 0.5) is 8.78 Å². The van der Waals surface area contributed by atoms with E-state index >= 15 is 0 Å². The molecule has 0 radical (unpaired) electrons. The van der Waals surface area contributed by atoms with E-state index < -0.39 is 34.2 Å². The average molecular weight is 624 g/mol. The molecule has 7 rings (SSSR count). The Labute approximate surface area is 258 Å². The van der Waals surface area contributed by atoms with Gasteiger partial charge in [-0.05, 0) is 109 Å². The number of ether oxygens (including phenoxy) is 1. The largest absolute Gasteiger partial charge is 0.445 e. The number of hydrogen-bond donors (Lipinski definition) is 1. The van der Waals surface area contributed by atoms with Crippen LogP contribution in [0.2, 0.25) is 0 Å². The molecule has 3 saturated carbocycles. The number of esters is 1. The van der Waals surface area contributed by atoms with E-state index in [0.717, 1.165) is 29.8 Å². The van der Waals surface area contributed by atoms with Crippen LogP contribution in [0.3, 0.4) is 0 Å². The maximum Gasteiger partial charge on any atom is 0.361 e. The number of aryl methyl sites for hydroxylation is 1. The molecule has 3 aromatic rings. The standard InChI is InChI=1S/C32H35F2N5O4S/c1-30-13-18-15-35-39(21-7-5-20(34)6-8-21)25(18)12-19(30)4-9-22-23-10-11-32(29(42)44-17-33,31(23,2)14-26(40)27(22)30)43-28(41)24-16-38(3)37-36-24/h5-8,12,15-16,22-23,26-27,40H,4,9-11,13-14,17H2,1-3H3/t22-,23?,26-,27?,30-,31-,32-/m0/s1. The number of thioether (sulfide) groups is 1. The number of aromatic nitrogens is 5. The summed E-state index contributed by atoms with van der Waals surface area (Å²) in [5.74, 6) is -1.11. The molecular weight excluding hydrogens is 588 g/mol. The average Bonchev–Trinajstić information content (AvgIpc) is 3.67. The molecule has 3 fully saturated rings. The lowest BCUT2D eigenvalue weighted by molar-refractivity contribution is -0.174. The Morgan fingerprint density at radius 3 is 2.68 bits per heavy atom. The van der Waals surface area contributed by atoms with Gasteiger partial charge in [-0.15, -0.1) is 5.10 Å². The Balaban J connectivity index is 1.23. The summed E-state index contributed by atoms with van der Waals surface area (Å²) in [6.45, 7) is 4.16. The van der Waals surface area contributed by atoms with Gasteiger partial charge in [0.05, 0.1) is 29.9 Å². The second kappa shape index (κ2) is 10.3. The van der Waals surface area contributed by atoms with Gasteiger partial charge in [0.15, 0.2) is 11.3 Å². The van der Waals surface area contributed by atoms with Crippen molar-refractivity contribution in [2.75, 3.05) is 6.01 Å². The molecule has 0 amide bonds. The van der Waals surface area contributed by atoms with E-state index in [1.165, 1.54) is 28.6 Å². The quantitative estimate of drug-likeness (QED) is 0.392. The highest BCUT2D eigenvalue weighted by Crippen LogP contribution is 2.69. The van der Waals surface area contributed by atoms with Gasteiger partial charge in [-0.1, -0.05) is 24.6 Å². The molecule has 44 heavy (non-hydrogen) atoms. The molecule has 9 nitrogen and oxygen atoms in total. The van der Waals surface area contributed by atoms with Crippen molar-refractivity contribution < 1.29 is 28.2 Å². The van der Waals surface area contributed by atoms with E-state index in [0.29, 0.717) is 24.6 Å². The van der Waals surface area contributed by atoms with Crippen LogP contribution in [0.1, 0.15) is 67.7 Å². The fourth-order valence-electron chi connectivity index (χ4n) is 9.32. The lowest BCUT2D eigenvalue weighted by atomic mass is 9.45. The number of allylic oxidation sites excluding steroid dienone is 1. The zero-order chi connectivity index (χ0) is 31.0. The van der Waals surface area contributed by atoms with Crippen LogP contribution in [0.25, 0.3) is 11.8 Å². The lowest BCUT2D eigenvalue weighted by Gasteiger charge is -2.60. The minimum Gasteiger partial charge on any atom is -0.445 e. The second-order valence-electron chi connectivity index (χ2n) is 13.3. The zero-order valence-electron chi connectivity index (χ0n) is 24.9. The number of halogens is 2. The normalized spacial score (nSPS) is 33.9. The topological polar surface area (TPSA) is 112 Å². The molecule has 1 aromatic carbocycles. The summed E-state index contributed by atoms with van der Waals surface area (Å²) >= 11 is 0.521. The van der Waals surface area contributed by atoms with E-state index in [1.54, 1.807) is 19.2 Å². The number of aliphatic hydroxyl groups excluding tert-OH is 1. The van der Waals surface area contributed by atoms with Crippen LogP contribution in [0.5, 0.6) is 0 Å². The monoisotopic (exact) mass is 623 g/mol. The van der Waals surface area contributed by atoms with Crippen molar-refractivity contribution >= 4 is 28.9 Å². The first kappa shape index (κ1) is 29.3. The number of hydrogen-bond acceptors (Lipinski definition) is 8. The molecule has 0 aliphatic heterocycles. The number of carbonyl (C=O) groups is 2. The van der Waals surface area contributed by atoms with Crippen molar-refractivity contribution in [3.8, 4) is 5.69 Å². The van der Waals surface area contributed by atoms with Crippen molar-refractivity contribution in [1.29, 1.82) is 0 Å². The summed E-state index contributed by atoms with van der Waals surface area (Å²) in [6, 6.07) is 5.34. The number of benzene rings is 1. The number of fused-ring (bicyclic) bond motifs is 6. The minimum absolute atomic E-state index is 0.0172.